The predicted molar refractivity (Wildman–Crippen MR) is 261 cm³/mol. The fourth-order valence-electron chi connectivity index (χ4n) is 10.6. The van der Waals surface area contributed by atoms with Crippen molar-refractivity contribution in [3.05, 3.63) is 0 Å². The molecule has 0 radical (unpaired) electrons. The summed E-state index contributed by atoms with van der Waals surface area (Å²) in [5.74, 6) is -7.51. The summed E-state index contributed by atoms with van der Waals surface area (Å²) in [6.45, 7) is -5.80. The molecule has 0 bridgehead atoms. The second kappa shape index (κ2) is 31.6. The number of hydrogen-bond donors (Lipinski definition) is 22. The first-order valence-electron chi connectivity index (χ1n) is 26.9. The minimum atomic E-state index is -3.35. The number of ether oxygens (including phenoxy) is 12. The smallest absolute Gasteiger partial charge is 0.217 e. The van der Waals surface area contributed by atoms with E-state index in [4.69, 9.17) is 56.8 Å². The summed E-state index contributed by atoms with van der Waals surface area (Å²) in [6.07, 6.45) is -59.6. The van der Waals surface area contributed by atoms with Gasteiger partial charge in [-0.1, -0.05) is 0 Å². The van der Waals surface area contributed by atoms with E-state index in [0.29, 0.717) is 0 Å². The van der Waals surface area contributed by atoms with E-state index in [1.807, 2.05) is 0 Å². The maximum atomic E-state index is 12.9. The second-order valence-corrected chi connectivity index (χ2v) is 21.1. The molecule has 6 aliphatic rings. The highest BCUT2D eigenvalue weighted by Crippen LogP contribution is 2.40. The Hall–Kier alpha value is -3.36. The number of carboxylic acid groups (broad SMARTS) is 1. The Labute approximate surface area is 486 Å². The molecule has 39 heteroatoms. The number of hydrogen-bond acceptors (Lipinski definition) is 36. The van der Waals surface area contributed by atoms with E-state index in [1.54, 1.807) is 0 Å². The minimum Gasteiger partial charge on any atom is -0.544 e. The molecule has 0 saturated carbocycles. The number of rotatable bonds is 27. The van der Waals surface area contributed by atoms with E-state index in [2.05, 4.69) is 16.0 Å². The van der Waals surface area contributed by atoms with Crippen LogP contribution in [-0.4, -0.2) is 370 Å². The lowest BCUT2D eigenvalue weighted by Gasteiger charge is -2.52. The maximum absolute atomic E-state index is 12.9. The second-order valence-electron chi connectivity index (χ2n) is 21.1. The van der Waals surface area contributed by atoms with E-state index in [9.17, 15) is 121 Å². The lowest BCUT2D eigenvalue weighted by atomic mass is 9.88. The Bertz CT molecular complexity index is 2150. The Morgan fingerprint density at radius 3 is 1.41 bits per heavy atom. The van der Waals surface area contributed by atoms with Gasteiger partial charge in [-0.05, 0) is 0 Å². The third-order valence-electron chi connectivity index (χ3n) is 15.2. The molecule has 32 atom stereocenters. The quantitative estimate of drug-likeness (QED) is 0.0340. The Morgan fingerprint density at radius 1 is 0.535 bits per heavy atom. The molecule has 0 aromatic carbocycles. The molecule has 6 heterocycles. The molecule has 6 fully saturated rings. The number of carboxylic acids is 1. The van der Waals surface area contributed by atoms with Crippen LogP contribution < -0.4 is 21.1 Å². The first kappa shape index (κ1) is 71.7. The summed E-state index contributed by atoms with van der Waals surface area (Å²) >= 11 is 0. The minimum absolute atomic E-state index is 0.258. The summed E-state index contributed by atoms with van der Waals surface area (Å²) in [6, 6.07) is -4.62. The SMILES string of the molecule is CC(=O)N[C@H]1[C@H](O[C@H]2[C@@H](O)[C@@H](CO)O[C@@H](O[C@H]3[C@H](O)[C@@H](O)[C@H](OC[C@@H](CO)NC=O)O[C@@H]3CO)[C@@H]2O)O[C@H](CO)[C@@H](O)[C@@H]1O[C@@H]1O[C@H](CO)[C@H](O)[C@H](O[C@@H]2O[C@H](CO)[C@H](O)[C@H](O[C@]3(C(=O)[O-])C[C@H](O)[C@@H](NC(C)=O)[C@H]([C@H](O)[C@H](O)CO)O3)[C@H]2O)[C@H]1O. The summed E-state index contributed by atoms with van der Waals surface area (Å²) in [5, 5.41) is 226. The van der Waals surface area contributed by atoms with Gasteiger partial charge in [0.15, 0.2) is 31.5 Å². The number of aliphatic carboxylic acids is 1. The molecule has 0 spiro atoms. The van der Waals surface area contributed by atoms with Crippen molar-refractivity contribution in [2.45, 2.75) is 216 Å². The normalized spacial score (nSPS) is 45.0. The first-order valence-corrected chi connectivity index (χ1v) is 26.9. The van der Waals surface area contributed by atoms with Crippen molar-refractivity contribution in [1.82, 2.24) is 16.0 Å². The molecule has 0 aliphatic carbocycles. The molecule has 6 aliphatic heterocycles. The van der Waals surface area contributed by atoms with Crippen LogP contribution in [-0.2, 0) is 76.0 Å². The highest BCUT2D eigenvalue weighted by Gasteiger charge is 2.60. The van der Waals surface area contributed by atoms with Crippen molar-refractivity contribution in [1.29, 1.82) is 0 Å². The Morgan fingerprint density at radius 2 is 0.953 bits per heavy atom. The molecule has 0 aromatic rings. The van der Waals surface area contributed by atoms with E-state index < -0.39 is 273 Å². The predicted octanol–water partition coefficient (Wildman–Crippen LogP) is -16.8. The largest absolute Gasteiger partial charge is 0.544 e. The van der Waals surface area contributed by atoms with E-state index in [1.165, 1.54) is 0 Å². The van der Waals surface area contributed by atoms with Crippen LogP contribution >= 0.6 is 0 Å². The number of aliphatic hydroxyl groups is 19. The van der Waals surface area contributed by atoms with Crippen LogP contribution in [0.25, 0.3) is 0 Å². The fourth-order valence-corrected chi connectivity index (χ4v) is 10.6. The molecule has 3 amide bonds. The molecule has 22 N–H and O–H groups in total. The van der Waals surface area contributed by atoms with Gasteiger partial charge in [-0.25, -0.2) is 0 Å². The monoisotopic (exact) mass is 1260 g/mol. The van der Waals surface area contributed by atoms with Crippen molar-refractivity contribution < 1.29 is 178 Å². The summed E-state index contributed by atoms with van der Waals surface area (Å²) in [7, 11) is 0. The maximum Gasteiger partial charge on any atom is 0.217 e. The van der Waals surface area contributed by atoms with E-state index in [-0.39, 0.29) is 6.41 Å². The molecule has 498 valence electrons. The van der Waals surface area contributed by atoms with Crippen LogP contribution in [0.3, 0.4) is 0 Å². The number of amides is 3. The highest BCUT2D eigenvalue weighted by molar-refractivity contribution is 5.75. The zero-order chi connectivity index (χ0) is 63.8. The van der Waals surface area contributed by atoms with Gasteiger partial charge in [-0.2, -0.15) is 0 Å². The molecule has 39 nitrogen and oxygen atoms in total. The molecule has 86 heavy (non-hydrogen) atoms. The van der Waals surface area contributed by atoms with Crippen molar-refractivity contribution in [2.24, 2.45) is 0 Å². The number of aliphatic hydroxyl groups excluding tert-OH is 19. The third-order valence-corrected chi connectivity index (χ3v) is 15.2. The van der Waals surface area contributed by atoms with Gasteiger partial charge in [0.05, 0.1) is 71.0 Å². The molecule has 0 aromatic heterocycles. The van der Waals surface area contributed by atoms with Crippen molar-refractivity contribution in [3.63, 3.8) is 0 Å². The first-order chi connectivity index (χ1) is 40.7. The van der Waals surface area contributed by atoms with Gasteiger partial charge in [0, 0.05) is 20.3 Å². The summed E-state index contributed by atoms with van der Waals surface area (Å²) < 4.78 is 68.3. The molecular weight excluding hydrogens is 1180 g/mol. The van der Waals surface area contributed by atoms with Gasteiger partial charge >= 0.3 is 0 Å². The van der Waals surface area contributed by atoms with Gasteiger partial charge in [0.2, 0.25) is 24.0 Å². The average molecular weight is 1260 g/mol. The van der Waals surface area contributed by atoms with Gasteiger partial charge in [0.25, 0.3) is 0 Å². The van der Waals surface area contributed by atoms with Crippen LogP contribution in [0.2, 0.25) is 0 Å². The van der Waals surface area contributed by atoms with Crippen molar-refractivity contribution in [2.75, 3.05) is 52.9 Å². The van der Waals surface area contributed by atoms with Crippen molar-refractivity contribution >= 4 is 24.2 Å². The molecule has 6 rings (SSSR count). The zero-order valence-electron chi connectivity index (χ0n) is 45.8. The van der Waals surface area contributed by atoms with Gasteiger partial charge in [0.1, 0.15) is 146 Å². The summed E-state index contributed by atoms with van der Waals surface area (Å²) in [4.78, 5) is 48.8. The van der Waals surface area contributed by atoms with Crippen LogP contribution in [0.4, 0.5) is 0 Å². The van der Waals surface area contributed by atoms with Crippen molar-refractivity contribution in [3.8, 4) is 0 Å². The number of carbonyl (C=O) groups excluding carboxylic acids is 4. The Kier molecular flexibility index (Phi) is 26.3. The standard InChI is InChI=1S/C47H79N3O36/c1-13(59)49-23-16(61)3-47(46(73)74,85-37(23)25(63)17(62)5-52)86-40-29(67)21(9-56)79-45(34(40)72)84-39-28(66)20(8-55)78-44(33(39)71)82-36-24(50-14(2)60)41(76-18(6-53)26(36)64)83-38-27(65)19(7-54)77-43(32(38)70)81-35-22(10-57)80-42(31(69)30(35)68)75-11-15(4-51)48-12-58/h12,15-45,51-57,61-72H,3-11H2,1-2H3,(H,48,58)(H,49,59)(H,50,60)(H,73,74)/p-1/t15-,16+,17-,18-,19-,20-,21-,22-,23-,24-,25-,26-,27+,28+,29+,30-,31-,32-,33-,34-,35-,36-,37-,38+,39+,40+,41+,42-,43+,44+,45+,47+/m1/s1. The molecule has 0 unspecified atom stereocenters. The van der Waals surface area contributed by atoms with Crippen LogP contribution in [0, 0.1) is 0 Å². The highest BCUT2D eigenvalue weighted by atomic mass is 16.8. The zero-order valence-corrected chi connectivity index (χ0v) is 45.8. The van der Waals surface area contributed by atoms with Gasteiger partial charge < -0.3 is 180 Å². The number of nitrogens with one attached hydrogen (secondary N) is 3. The number of carbonyl (C=O) groups is 4. The lowest BCUT2D eigenvalue weighted by molar-refractivity contribution is -0.413. The molecule has 6 saturated heterocycles. The van der Waals surface area contributed by atoms with Crippen LogP contribution in [0.1, 0.15) is 20.3 Å². The van der Waals surface area contributed by atoms with Gasteiger partial charge in [-0.15, -0.1) is 0 Å². The molecular formula is C47H78N3O36-. The lowest BCUT2D eigenvalue weighted by Crippen LogP contribution is -2.72. The topological polar surface area (TPSA) is 623 Å². The fraction of sp³-hybridized carbons (Fsp3) is 0.915. The summed E-state index contributed by atoms with van der Waals surface area (Å²) in [5.41, 5.74) is 0. The van der Waals surface area contributed by atoms with E-state index >= 15 is 0 Å². The third kappa shape index (κ3) is 15.8. The van der Waals surface area contributed by atoms with Crippen LogP contribution in [0.5, 0.6) is 0 Å². The average Bonchev–Trinajstić information content (AvgIpc) is 0.830. The van der Waals surface area contributed by atoms with Gasteiger partial charge in [-0.3, -0.25) is 14.4 Å². The van der Waals surface area contributed by atoms with Crippen LogP contribution in [0.15, 0.2) is 0 Å². The van der Waals surface area contributed by atoms with E-state index in [0.717, 1.165) is 13.8 Å². The Balaban J connectivity index is 1.24.